The fourth-order valence-electron chi connectivity index (χ4n) is 0.360. The summed E-state index contributed by atoms with van der Waals surface area (Å²) in [5.74, 6) is -0.441. The lowest BCUT2D eigenvalue weighted by Gasteiger charge is -1.97. The molecule has 0 aliphatic rings. The average molecular weight is 164 g/mol. The molecule has 10 heavy (non-hydrogen) atoms. The second-order valence-corrected chi connectivity index (χ2v) is 2.60. The molecule has 0 spiro atoms. The Labute approximate surface area is 60.3 Å². The van der Waals surface area contributed by atoms with Gasteiger partial charge in [-0.1, -0.05) is 0 Å². The van der Waals surface area contributed by atoms with Crippen LogP contribution in [-0.2, 0) is 9.53 Å². The Balaban J connectivity index is 3.30. The molecular formula is C5H9O4P. The molecule has 1 unspecified atom stereocenters. The SMILES string of the molecule is CCOC(=O)CPC(=O)O. The maximum absolute atomic E-state index is 10.5. The highest BCUT2D eigenvalue weighted by atomic mass is 31.1. The number of carbonyl (C=O) groups is 2. The summed E-state index contributed by atoms with van der Waals surface area (Å²) >= 11 is 0. The standard InChI is InChI=1S/C5H9O4P/c1-2-9-4(6)3-10-5(7)8/h10H,2-3H2,1H3,(H,7,8). The Morgan fingerprint density at radius 1 is 1.60 bits per heavy atom. The van der Waals surface area contributed by atoms with Crippen LogP contribution in [0, 0.1) is 0 Å². The fourth-order valence-corrected chi connectivity index (χ4v) is 0.757. The van der Waals surface area contributed by atoms with Gasteiger partial charge in [-0.2, -0.15) is 0 Å². The number of hydrogen-bond donors (Lipinski definition) is 1. The van der Waals surface area contributed by atoms with Crippen LogP contribution in [-0.4, -0.2) is 29.6 Å². The number of ether oxygens (including phenoxy) is 1. The van der Waals surface area contributed by atoms with E-state index < -0.39 is 11.7 Å². The zero-order valence-corrected chi connectivity index (χ0v) is 6.59. The zero-order valence-electron chi connectivity index (χ0n) is 5.59. The molecule has 0 amide bonds. The highest BCUT2D eigenvalue weighted by Crippen LogP contribution is 2.09. The van der Waals surface area contributed by atoms with E-state index >= 15 is 0 Å². The first-order chi connectivity index (χ1) is 4.66. The number of hydrogen-bond acceptors (Lipinski definition) is 3. The Morgan fingerprint density at radius 3 is 2.60 bits per heavy atom. The summed E-state index contributed by atoms with van der Waals surface area (Å²) in [6, 6.07) is 0. The monoisotopic (exact) mass is 164 g/mol. The quantitative estimate of drug-likeness (QED) is 0.495. The molecular weight excluding hydrogens is 155 g/mol. The van der Waals surface area contributed by atoms with Crippen molar-refractivity contribution in [2.24, 2.45) is 0 Å². The van der Waals surface area contributed by atoms with Crippen molar-refractivity contribution in [1.82, 2.24) is 0 Å². The second-order valence-electron chi connectivity index (χ2n) is 1.46. The van der Waals surface area contributed by atoms with Gasteiger partial charge in [-0.25, -0.2) is 4.79 Å². The van der Waals surface area contributed by atoms with E-state index in [2.05, 4.69) is 4.74 Å². The van der Waals surface area contributed by atoms with Gasteiger partial charge in [-0.3, -0.25) is 4.79 Å². The first kappa shape index (κ1) is 9.37. The van der Waals surface area contributed by atoms with E-state index in [-0.39, 0.29) is 14.7 Å². The van der Waals surface area contributed by atoms with Crippen LogP contribution in [0.2, 0.25) is 0 Å². The fraction of sp³-hybridized carbons (Fsp3) is 0.600. The maximum atomic E-state index is 10.5. The maximum Gasteiger partial charge on any atom is 0.321 e. The highest BCUT2D eigenvalue weighted by Gasteiger charge is 2.04. The lowest BCUT2D eigenvalue weighted by Crippen LogP contribution is -2.06. The zero-order chi connectivity index (χ0) is 7.98. The third-order valence-corrected chi connectivity index (χ3v) is 1.46. The van der Waals surface area contributed by atoms with Crippen LogP contribution in [0.4, 0.5) is 4.79 Å². The molecule has 58 valence electrons. The summed E-state index contributed by atoms with van der Waals surface area (Å²) in [5.41, 5.74) is -0.951. The molecule has 0 bridgehead atoms. The van der Waals surface area contributed by atoms with Gasteiger partial charge in [-0.05, 0) is 6.92 Å². The van der Waals surface area contributed by atoms with Gasteiger partial charge < -0.3 is 9.84 Å². The summed E-state index contributed by atoms with van der Waals surface area (Å²) in [4.78, 5) is 20.4. The predicted octanol–water partition coefficient (Wildman–Crippen LogP) is 0.906. The van der Waals surface area contributed by atoms with Crippen molar-refractivity contribution >= 4 is 20.3 Å². The van der Waals surface area contributed by atoms with Gasteiger partial charge in [-0.15, -0.1) is 0 Å². The second kappa shape index (κ2) is 5.18. The topological polar surface area (TPSA) is 63.6 Å². The molecule has 0 aromatic rings. The first-order valence-corrected chi connectivity index (χ1v) is 4.00. The molecule has 4 nitrogen and oxygen atoms in total. The van der Waals surface area contributed by atoms with Crippen LogP contribution in [0.5, 0.6) is 0 Å². The molecule has 1 N–H and O–H groups in total. The third-order valence-electron chi connectivity index (χ3n) is 0.689. The van der Waals surface area contributed by atoms with E-state index in [0.717, 1.165) is 0 Å². The molecule has 0 aromatic carbocycles. The molecule has 0 aliphatic heterocycles. The lowest BCUT2D eigenvalue weighted by atomic mass is 10.8. The van der Waals surface area contributed by atoms with Crippen LogP contribution in [0.15, 0.2) is 0 Å². The van der Waals surface area contributed by atoms with E-state index in [0.29, 0.717) is 6.61 Å². The van der Waals surface area contributed by atoms with Crippen LogP contribution < -0.4 is 0 Å². The van der Waals surface area contributed by atoms with Gasteiger partial charge in [0.1, 0.15) is 0 Å². The number of carboxylic acid groups (broad SMARTS) is 1. The molecule has 0 radical (unpaired) electrons. The minimum absolute atomic E-state index is 0.0107. The minimum Gasteiger partial charge on any atom is -0.478 e. The Bertz CT molecular complexity index is 134. The number of rotatable bonds is 4. The van der Waals surface area contributed by atoms with E-state index in [1.54, 1.807) is 6.92 Å². The van der Waals surface area contributed by atoms with E-state index in [1.165, 1.54) is 0 Å². The molecule has 0 aliphatic carbocycles. The van der Waals surface area contributed by atoms with Gasteiger partial charge in [0, 0.05) is 8.58 Å². The number of carbonyl (C=O) groups excluding carboxylic acids is 1. The minimum atomic E-state index is -0.951. The van der Waals surface area contributed by atoms with Gasteiger partial charge >= 0.3 is 11.7 Å². The van der Waals surface area contributed by atoms with Crippen molar-refractivity contribution in [2.75, 3.05) is 12.8 Å². The molecule has 0 saturated carbocycles. The highest BCUT2D eigenvalue weighted by molar-refractivity contribution is 7.57. The molecule has 0 rings (SSSR count). The van der Waals surface area contributed by atoms with Crippen molar-refractivity contribution in [3.8, 4) is 0 Å². The first-order valence-electron chi connectivity index (χ1n) is 2.79. The molecule has 0 aromatic heterocycles. The smallest absolute Gasteiger partial charge is 0.321 e. The number of esters is 1. The van der Waals surface area contributed by atoms with E-state index in [9.17, 15) is 9.59 Å². The van der Waals surface area contributed by atoms with Crippen LogP contribution >= 0.6 is 8.58 Å². The van der Waals surface area contributed by atoms with Crippen LogP contribution in [0.1, 0.15) is 6.92 Å². The summed E-state index contributed by atoms with van der Waals surface area (Å²) < 4.78 is 4.50. The summed E-state index contributed by atoms with van der Waals surface area (Å²) in [7, 11) is -0.379. The molecule has 1 atom stereocenters. The van der Waals surface area contributed by atoms with Crippen LogP contribution in [0.25, 0.3) is 0 Å². The van der Waals surface area contributed by atoms with Crippen molar-refractivity contribution in [3.05, 3.63) is 0 Å². The summed E-state index contributed by atoms with van der Waals surface area (Å²) in [6.45, 7) is 1.99. The molecule has 0 saturated heterocycles. The van der Waals surface area contributed by atoms with Gasteiger partial charge in [0.05, 0.1) is 12.8 Å². The van der Waals surface area contributed by atoms with Gasteiger partial charge in [0.2, 0.25) is 0 Å². The van der Waals surface area contributed by atoms with Crippen molar-refractivity contribution in [2.45, 2.75) is 6.92 Å². The van der Waals surface area contributed by atoms with Crippen molar-refractivity contribution < 1.29 is 19.4 Å². The average Bonchev–Trinajstić information content (AvgIpc) is 1.85. The summed E-state index contributed by atoms with van der Waals surface area (Å²) in [6.07, 6.45) is -0.0107. The van der Waals surface area contributed by atoms with E-state index in [4.69, 9.17) is 5.11 Å². The van der Waals surface area contributed by atoms with E-state index in [1.807, 2.05) is 0 Å². The lowest BCUT2D eigenvalue weighted by molar-refractivity contribution is -0.139. The van der Waals surface area contributed by atoms with Gasteiger partial charge in [0.25, 0.3) is 0 Å². The Hall–Kier alpha value is -0.630. The molecule has 0 heterocycles. The third kappa shape index (κ3) is 5.51. The normalized spacial score (nSPS) is 10.1. The molecule has 5 heteroatoms. The van der Waals surface area contributed by atoms with Gasteiger partial charge in [0.15, 0.2) is 0 Å². The van der Waals surface area contributed by atoms with Crippen molar-refractivity contribution in [3.63, 3.8) is 0 Å². The Kier molecular flexibility index (Phi) is 4.85. The largest absolute Gasteiger partial charge is 0.478 e. The Morgan fingerprint density at radius 2 is 2.20 bits per heavy atom. The predicted molar refractivity (Wildman–Crippen MR) is 37.8 cm³/mol. The molecule has 0 fully saturated rings. The van der Waals surface area contributed by atoms with Crippen LogP contribution in [0.3, 0.4) is 0 Å². The van der Waals surface area contributed by atoms with Crippen molar-refractivity contribution in [1.29, 1.82) is 0 Å². The summed E-state index contributed by atoms with van der Waals surface area (Å²) in [5, 5.41) is 8.14.